The number of amides is 3. The van der Waals surface area contributed by atoms with Crippen molar-refractivity contribution in [3.05, 3.63) is 34.9 Å². The molecule has 0 bridgehead atoms. The van der Waals surface area contributed by atoms with E-state index in [1.54, 1.807) is 0 Å². The molecule has 0 aliphatic carbocycles. The highest BCUT2D eigenvalue weighted by Gasteiger charge is 2.40. The van der Waals surface area contributed by atoms with Crippen molar-refractivity contribution in [2.75, 3.05) is 39.3 Å². The molecule has 3 saturated heterocycles. The third kappa shape index (κ3) is 6.28. The van der Waals surface area contributed by atoms with E-state index in [4.69, 9.17) is 21.4 Å². The molecule has 2 N–H and O–H groups in total. The Kier molecular flexibility index (Phi) is 7.91. The Morgan fingerprint density at radius 2 is 1.69 bits per heavy atom. The Morgan fingerprint density at radius 3 is 2.31 bits per heavy atom. The van der Waals surface area contributed by atoms with E-state index in [2.05, 4.69) is 5.32 Å². The lowest BCUT2D eigenvalue weighted by Crippen LogP contribution is -2.48. The highest BCUT2D eigenvalue weighted by molar-refractivity contribution is 6.30. The molecule has 4 rings (SSSR count). The lowest BCUT2D eigenvalue weighted by Gasteiger charge is -2.39. The van der Waals surface area contributed by atoms with Gasteiger partial charge in [-0.1, -0.05) is 23.7 Å². The highest BCUT2D eigenvalue weighted by Crippen LogP contribution is 2.35. The van der Waals surface area contributed by atoms with Crippen LogP contribution in [0.25, 0.3) is 0 Å². The van der Waals surface area contributed by atoms with Crippen LogP contribution < -0.4 is 5.32 Å². The number of nitrogens with zero attached hydrogens (tertiary/aromatic N) is 2. The Hall–Kier alpha value is -2.32. The molecule has 3 fully saturated rings. The van der Waals surface area contributed by atoms with E-state index in [9.17, 15) is 14.4 Å². The quantitative estimate of drug-likeness (QED) is 0.637. The maximum Gasteiger partial charge on any atom is 0.404 e. The van der Waals surface area contributed by atoms with Crippen molar-refractivity contribution in [2.24, 2.45) is 17.8 Å². The van der Waals surface area contributed by atoms with Gasteiger partial charge in [-0.2, -0.15) is 0 Å². The summed E-state index contributed by atoms with van der Waals surface area (Å²) in [7, 11) is 0. The SMILES string of the molecule is CC1(C)CC(C(=O)N2CCC(C(=O)N3C[C@H](CNC(=O)O)[C@H](c4ccc(Cl)cc4)C3)CC2)CCO1. The van der Waals surface area contributed by atoms with Gasteiger partial charge in [0.1, 0.15) is 0 Å². The lowest BCUT2D eigenvalue weighted by atomic mass is 9.86. The van der Waals surface area contributed by atoms with Gasteiger partial charge in [0.05, 0.1) is 5.60 Å². The van der Waals surface area contributed by atoms with Crippen molar-refractivity contribution in [1.82, 2.24) is 15.1 Å². The summed E-state index contributed by atoms with van der Waals surface area (Å²) in [6, 6.07) is 7.57. The second-order valence-corrected chi connectivity index (χ2v) is 11.2. The molecule has 3 atom stereocenters. The summed E-state index contributed by atoms with van der Waals surface area (Å²) in [5.41, 5.74) is 0.789. The van der Waals surface area contributed by atoms with Crippen molar-refractivity contribution < 1.29 is 24.2 Å². The van der Waals surface area contributed by atoms with E-state index in [0.29, 0.717) is 57.2 Å². The number of nitrogens with one attached hydrogen (secondary N) is 1. The molecule has 3 aliphatic heterocycles. The summed E-state index contributed by atoms with van der Waals surface area (Å²) in [4.78, 5) is 41.4. The van der Waals surface area contributed by atoms with Crippen LogP contribution in [0.15, 0.2) is 24.3 Å². The van der Waals surface area contributed by atoms with Gasteiger partial charge in [0.25, 0.3) is 0 Å². The molecule has 0 spiro atoms. The Bertz CT molecular complexity index is 929. The molecule has 192 valence electrons. The number of carbonyl (C=O) groups is 3. The molecule has 1 unspecified atom stereocenters. The predicted octanol–water partition coefficient (Wildman–Crippen LogP) is 3.59. The number of hydrogen-bond donors (Lipinski definition) is 2. The Labute approximate surface area is 211 Å². The van der Waals surface area contributed by atoms with Crippen LogP contribution in [0, 0.1) is 17.8 Å². The maximum atomic E-state index is 13.4. The minimum Gasteiger partial charge on any atom is -0.465 e. The molecule has 3 aliphatic rings. The minimum absolute atomic E-state index is 0.00485. The van der Waals surface area contributed by atoms with Gasteiger partial charge in [-0.25, -0.2) is 4.79 Å². The number of halogens is 1. The number of piperidine rings is 1. The maximum absolute atomic E-state index is 13.4. The third-order valence-electron chi connectivity index (χ3n) is 7.77. The van der Waals surface area contributed by atoms with Gasteiger partial charge in [0.2, 0.25) is 11.8 Å². The summed E-state index contributed by atoms with van der Waals surface area (Å²) in [6.07, 6.45) is 1.76. The second-order valence-electron chi connectivity index (χ2n) is 10.7. The Balaban J connectivity index is 1.35. The summed E-state index contributed by atoms with van der Waals surface area (Å²) in [5.74, 6) is 0.225. The first-order chi connectivity index (χ1) is 16.6. The molecule has 3 heterocycles. The van der Waals surface area contributed by atoms with Crippen molar-refractivity contribution in [1.29, 1.82) is 0 Å². The molecule has 9 heteroatoms. The van der Waals surface area contributed by atoms with Crippen LogP contribution in [-0.4, -0.2) is 77.7 Å². The molecular formula is C26H36ClN3O5. The van der Waals surface area contributed by atoms with E-state index < -0.39 is 6.09 Å². The number of carbonyl (C=O) groups excluding carboxylic acids is 2. The van der Waals surface area contributed by atoms with Crippen molar-refractivity contribution in [2.45, 2.75) is 51.0 Å². The van der Waals surface area contributed by atoms with E-state index in [1.165, 1.54) is 0 Å². The average molecular weight is 506 g/mol. The molecule has 1 aromatic rings. The van der Waals surface area contributed by atoms with E-state index >= 15 is 0 Å². The molecule has 8 nitrogen and oxygen atoms in total. The number of benzene rings is 1. The summed E-state index contributed by atoms with van der Waals surface area (Å²) in [5, 5.41) is 12.2. The topological polar surface area (TPSA) is 99.2 Å². The van der Waals surface area contributed by atoms with Gasteiger partial charge in [0.15, 0.2) is 0 Å². The molecule has 3 amide bonds. The van der Waals surface area contributed by atoms with Crippen molar-refractivity contribution in [3.8, 4) is 0 Å². The first kappa shape index (κ1) is 25.8. The van der Waals surface area contributed by atoms with Gasteiger partial charge >= 0.3 is 6.09 Å². The van der Waals surface area contributed by atoms with Crippen LogP contribution in [-0.2, 0) is 14.3 Å². The predicted molar refractivity (Wildman–Crippen MR) is 132 cm³/mol. The average Bonchev–Trinajstić information content (AvgIpc) is 3.26. The fraction of sp³-hybridized carbons (Fsp3) is 0.654. The van der Waals surface area contributed by atoms with Crippen LogP contribution in [0.5, 0.6) is 0 Å². The molecule has 0 saturated carbocycles. The lowest BCUT2D eigenvalue weighted by molar-refractivity contribution is -0.148. The number of ether oxygens (including phenoxy) is 1. The number of likely N-dealkylation sites (tertiary alicyclic amines) is 2. The van der Waals surface area contributed by atoms with Gasteiger partial charge < -0.3 is 25.0 Å². The number of carboxylic acid groups (broad SMARTS) is 1. The van der Waals surface area contributed by atoms with Gasteiger partial charge in [0, 0.05) is 68.0 Å². The summed E-state index contributed by atoms with van der Waals surface area (Å²) in [6.45, 7) is 7.25. The standard InChI is InChI=1S/C26H36ClN3O5/c1-26(2)13-19(9-12-35-26)24(32)29-10-7-18(8-11-29)23(31)30-15-20(14-28-25(33)34)22(16-30)17-3-5-21(27)6-4-17/h3-6,18-20,22,28H,7-16H2,1-2H3,(H,33,34)/t19?,20-,22-/m0/s1. The third-order valence-corrected chi connectivity index (χ3v) is 8.02. The molecular weight excluding hydrogens is 470 g/mol. The molecule has 0 radical (unpaired) electrons. The van der Waals surface area contributed by atoms with E-state index in [-0.39, 0.29) is 41.1 Å². The zero-order valence-electron chi connectivity index (χ0n) is 20.5. The first-order valence-electron chi connectivity index (χ1n) is 12.6. The van der Waals surface area contributed by atoms with Crippen LogP contribution >= 0.6 is 11.6 Å². The fourth-order valence-corrected chi connectivity index (χ4v) is 6.00. The van der Waals surface area contributed by atoms with Gasteiger partial charge in [-0.3, -0.25) is 9.59 Å². The normalized spacial score (nSPS) is 27.0. The van der Waals surface area contributed by atoms with E-state index in [0.717, 1.165) is 18.4 Å². The van der Waals surface area contributed by atoms with Crippen LogP contribution in [0.4, 0.5) is 4.79 Å². The van der Waals surface area contributed by atoms with E-state index in [1.807, 2.05) is 47.9 Å². The Morgan fingerprint density at radius 1 is 1.03 bits per heavy atom. The molecule has 1 aromatic carbocycles. The largest absolute Gasteiger partial charge is 0.465 e. The van der Waals surface area contributed by atoms with Crippen molar-refractivity contribution >= 4 is 29.5 Å². The second kappa shape index (κ2) is 10.7. The summed E-state index contributed by atoms with van der Waals surface area (Å²) < 4.78 is 5.76. The zero-order chi connectivity index (χ0) is 25.2. The van der Waals surface area contributed by atoms with Crippen LogP contribution in [0.2, 0.25) is 5.02 Å². The van der Waals surface area contributed by atoms with Crippen LogP contribution in [0.1, 0.15) is 51.0 Å². The fourth-order valence-electron chi connectivity index (χ4n) is 5.87. The van der Waals surface area contributed by atoms with Gasteiger partial charge in [-0.05, 0) is 57.2 Å². The smallest absolute Gasteiger partial charge is 0.404 e. The molecule has 35 heavy (non-hydrogen) atoms. The zero-order valence-corrected chi connectivity index (χ0v) is 21.3. The highest BCUT2D eigenvalue weighted by atomic mass is 35.5. The number of rotatable bonds is 5. The summed E-state index contributed by atoms with van der Waals surface area (Å²) >= 11 is 6.05. The molecule has 0 aromatic heterocycles. The van der Waals surface area contributed by atoms with Crippen molar-refractivity contribution in [3.63, 3.8) is 0 Å². The number of hydrogen-bond acceptors (Lipinski definition) is 4. The van der Waals surface area contributed by atoms with Gasteiger partial charge in [-0.15, -0.1) is 0 Å². The van der Waals surface area contributed by atoms with Crippen LogP contribution in [0.3, 0.4) is 0 Å². The minimum atomic E-state index is -1.06. The monoisotopic (exact) mass is 505 g/mol. The first-order valence-corrected chi connectivity index (χ1v) is 12.9.